The van der Waals surface area contributed by atoms with Crippen LogP contribution in [0, 0.1) is 0 Å². The van der Waals surface area contributed by atoms with E-state index in [9.17, 15) is 4.57 Å². The van der Waals surface area contributed by atoms with Crippen molar-refractivity contribution >= 4 is 12.9 Å². The summed E-state index contributed by atoms with van der Waals surface area (Å²) in [5, 5.41) is 0.534. The molecule has 0 aromatic heterocycles. The predicted molar refractivity (Wildman–Crippen MR) is 65.5 cm³/mol. The average Bonchev–Trinajstić information content (AvgIpc) is 2.35. The molecular formula is C12H15O3P. The molecule has 0 bridgehead atoms. The summed E-state index contributed by atoms with van der Waals surface area (Å²) >= 11 is 0. The fourth-order valence-electron chi connectivity index (χ4n) is 1.04. The zero-order valence-corrected chi connectivity index (χ0v) is 10.3. The van der Waals surface area contributed by atoms with Crippen LogP contribution in [0.15, 0.2) is 55.0 Å². The molecule has 0 heterocycles. The number of hydrogen-bond acceptors (Lipinski definition) is 3. The van der Waals surface area contributed by atoms with Gasteiger partial charge in [-0.15, -0.1) is 0 Å². The average molecular weight is 238 g/mol. The van der Waals surface area contributed by atoms with E-state index in [1.165, 1.54) is 12.5 Å². The highest BCUT2D eigenvalue weighted by molar-refractivity contribution is 7.62. The van der Waals surface area contributed by atoms with E-state index in [0.717, 1.165) is 0 Å². The molecule has 86 valence electrons. The van der Waals surface area contributed by atoms with Crippen LogP contribution >= 0.6 is 7.60 Å². The molecule has 0 saturated carbocycles. The van der Waals surface area contributed by atoms with Crippen molar-refractivity contribution in [3.05, 3.63) is 55.0 Å². The number of benzene rings is 1. The SMILES string of the molecule is CC=COP(=O)(OC=CC)c1ccccc1. The summed E-state index contributed by atoms with van der Waals surface area (Å²) in [7, 11) is -3.28. The quantitative estimate of drug-likeness (QED) is 0.580. The van der Waals surface area contributed by atoms with Gasteiger partial charge in [-0.25, -0.2) is 4.57 Å². The van der Waals surface area contributed by atoms with Gasteiger partial charge >= 0.3 is 7.60 Å². The fourth-order valence-corrected chi connectivity index (χ4v) is 2.43. The minimum Gasteiger partial charge on any atom is -0.421 e. The van der Waals surface area contributed by atoms with Crippen LogP contribution in [-0.4, -0.2) is 0 Å². The minimum absolute atomic E-state index is 0.534. The molecule has 16 heavy (non-hydrogen) atoms. The van der Waals surface area contributed by atoms with Crippen molar-refractivity contribution in [2.45, 2.75) is 13.8 Å². The molecule has 1 aromatic rings. The van der Waals surface area contributed by atoms with Gasteiger partial charge in [0.2, 0.25) is 0 Å². The second-order valence-electron chi connectivity index (χ2n) is 2.98. The first-order valence-corrected chi connectivity index (χ1v) is 6.52. The largest absolute Gasteiger partial charge is 0.461 e. The lowest BCUT2D eigenvalue weighted by molar-refractivity contribution is 0.339. The first-order chi connectivity index (χ1) is 7.73. The summed E-state index contributed by atoms with van der Waals surface area (Å²) in [6.45, 7) is 3.57. The number of hydrogen-bond donors (Lipinski definition) is 0. The highest BCUT2D eigenvalue weighted by atomic mass is 31.2. The van der Waals surface area contributed by atoms with Crippen molar-refractivity contribution in [1.29, 1.82) is 0 Å². The van der Waals surface area contributed by atoms with Gasteiger partial charge in [0.25, 0.3) is 0 Å². The molecule has 0 amide bonds. The Bertz CT molecular complexity index is 392. The Balaban J connectivity index is 2.99. The fraction of sp³-hybridized carbons (Fsp3) is 0.167. The lowest BCUT2D eigenvalue weighted by atomic mass is 10.4. The lowest BCUT2D eigenvalue weighted by Crippen LogP contribution is -2.05. The zero-order valence-electron chi connectivity index (χ0n) is 9.37. The molecule has 0 aliphatic heterocycles. The van der Waals surface area contributed by atoms with Gasteiger partial charge in [0, 0.05) is 0 Å². The van der Waals surface area contributed by atoms with Gasteiger partial charge in [0.15, 0.2) is 0 Å². The maximum atomic E-state index is 12.4. The summed E-state index contributed by atoms with van der Waals surface area (Å²) in [4.78, 5) is 0. The molecule has 0 saturated heterocycles. The highest BCUT2D eigenvalue weighted by Gasteiger charge is 2.27. The Morgan fingerprint density at radius 3 is 1.94 bits per heavy atom. The third-order valence-electron chi connectivity index (χ3n) is 1.74. The Morgan fingerprint density at radius 1 is 1.00 bits per heavy atom. The Kier molecular flexibility index (Phi) is 4.87. The monoisotopic (exact) mass is 238 g/mol. The summed E-state index contributed by atoms with van der Waals surface area (Å²) < 4.78 is 22.7. The third kappa shape index (κ3) is 3.28. The normalized spacial score (nSPS) is 15.1. The molecule has 1 aromatic carbocycles. The van der Waals surface area contributed by atoms with Gasteiger partial charge in [-0.2, -0.15) is 0 Å². The van der Waals surface area contributed by atoms with Gasteiger partial charge in [0.05, 0.1) is 17.8 Å². The molecule has 1 rings (SSSR count). The summed E-state index contributed by atoms with van der Waals surface area (Å²) in [5.41, 5.74) is 0. The van der Waals surface area contributed by atoms with E-state index in [1.807, 2.05) is 6.07 Å². The molecule has 0 N–H and O–H groups in total. The molecule has 4 heteroatoms. The van der Waals surface area contributed by atoms with E-state index in [2.05, 4.69) is 0 Å². The van der Waals surface area contributed by atoms with Gasteiger partial charge in [-0.05, 0) is 26.0 Å². The predicted octanol–water partition coefficient (Wildman–Crippen LogP) is 3.61. The highest BCUT2D eigenvalue weighted by Crippen LogP contribution is 2.47. The Morgan fingerprint density at radius 2 is 1.50 bits per heavy atom. The second kappa shape index (κ2) is 6.19. The van der Waals surface area contributed by atoms with Crippen LogP contribution in [0.3, 0.4) is 0 Å². The summed E-state index contributed by atoms with van der Waals surface area (Å²) in [6, 6.07) is 8.86. The lowest BCUT2D eigenvalue weighted by Gasteiger charge is -2.15. The van der Waals surface area contributed by atoms with Crippen LogP contribution < -0.4 is 5.30 Å². The van der Waals surface area contributed by atoms with E-state index in [0.29, 0.717) is 5.30 Å². The molecular weight excluding hydrogens is 223 g/mol. The number of allylic oxidation sites excluding steroid dienone is 2. The van der Waals surface area contributed by atoms with Crippen LogP contribution in [0.5, 0.6) is 0 Å². The van der Waals surface area contributed by atoms with Gasteiger partial charge in [-0.3, -0.25) is 0 Å². The van der Waals surface area contributed by atoms with Crippen LogP contribution in [0.1, 0.15) is 13.8 Å². The van der Waals surface area contributed by atoms with Gasteiger partial charge in [0.1, 0.15) is 0 Å². The summed E-state index contributed by atoms with van der Waals surface area (Å²) in [5.74, 6) is 0. The van der Waals surface area contributed by atoms with Crippen LogP contribution in [0.25, 0.3) is 0 Å². The number of rotatable bonds is 5. The molecule has 0 radical (unpaired) electrons. The van der Waals surface area contributed by atoms with E-state index in [1.54, 1.807) is 50.3 Å². The van der Waals surface area contributed by atoms with E-state index in [-0.39, 0.29) is 0 Å². The molecule has 0 fully saturated rings. The van der Waals surface area contributed by atoms with Crippen molar-refractivity contribution < 1.29 is 13.6 Å². The first-order valence-electron chi connectivity index (χ1n) is 4.97. The Hall–Kier alpha value is -1.47. The smallest absolute Gasteiger partial charge is 0.421 e. The van der Waals surface area contributed by atoms with Crippen molar-refractivity contribution in [1.82, 2.24) is 0 Å². The molecule has 0 atom stereocenters. The van der Waals surface area contributed by atoms with Gasteiger partial charge in [-0.1, -0.05) is 30.4 Å². The summed E-state index contributed by atoms with van der Waals surface area (Å²) in [6.07, 6.45) is 6.07. The maximum Gasteiger partial charge on any atom is 0.461 e. The van der Waals surface area contributed by atoms with E-state index in [4.69, 9.17) is 9.05 Å². The first kappa shape index (κ1) is 12.6. The Labute approximate surface area is 95.9 Å². The molecule has 3 nitrogen and oxygen atoms in total. The van der Waals surface area contributed by atoms with Crippen molar-refractivity contribution in [3.63, 3.8) is 0 Å². The maximum absolute atomic E-state index is 12.4. The van der Waals surface area contributed by atoms with Crippen LogP contribution in [-0.2, 0) is 13.6 Å². The van der Waals surface area contributed by atoms with Crippen molar-refractivity contribution in [2.75, 3.05) is 0 Å². The molecule has 0 spiro atoms. The van der Waals surface area contributed by atoms with E-state index >= 15 is 0 Å². The van der Waals surface area contributed by atoms with E-state index < -0.39 is 7.60 Å². The second-order valence-corrected chi connectivity index (χ2v) is 4.92. The van der Waals surface area contributed by atoms with Gasteiger partial charge < -0.3 is 9.05 Å². The van der Waals surface area contributed by atoms with Crippen molar-refractivity contribution in [3.8, 4) is 0 Å². The van der Waals surface area contributed by atoms with Crippen molar-refractivity contribution in [2.24, 2.45) is 0 Å². The standard InChI is InChI=1S/C12H15O3P/c1-3-10-14-16(13,15-11-4-2)12-8-6-5-7-9-12/h3-11H,1-2H3. The molecule has 0 aliphatic carbocycles. The van der Waals surface area contributed by atoms with Crippen LogP contribution in [0.2, 0.25) is 0 Å². The minimum atomic E-state index is -3.28. The van der Waals surface area contributed by atoms with Crippen LogP contribution in [0.4, 0.5) is 0 Å². The third-order valence-corrected chi connectivity index (χ3v) is 3.47. The zero-order chi connectivity index (χ0) is 11.9. The molecule has 0 aliphatic rings. The molecule has 0 unspecified atom stereocenters. The topological polar surface area (TPSA) is 35.5 Å².